The lowest BCUT2D eigenvalue weighted by molar-refractivity contribution is 0.617. The van der Waals surface area contributed by atoms with E-state index in [1.54, 1.807) is 0 Å². The van der Waals surface area contributed by atoms with Gasteiger partial charge >= 0.3 is 0 Å². The molecule has 55 heavy (non-hydrogen) atoms. The molecule has 0 saturated carbocycles. The maximum Gasteiger partial charge on any atom is 0.227 e. The Morgan fingerprint density at radius 2 is 1.02 bits per heavy atom. The van der Waals surface area contributed by atoms with Crippen LogP contribution in [0, 0.1) is 0 Å². The zero-order valence-corrected chi connectivity index (χ0v) is 29.7. The van der Waals surface area contributed by atoms with Crippen molar-refractivity contribution in [1.29, 1.82) is 0 Å². The minimum absolute atomic E-state index is 0.595. The number of benzene rings is 9. The molecule has 0 saturated heterocycles. The smallest absolute Gasteiger partial charge is 0.227 e. The monoisotopic (exact) mass is 704 g/mol. The first kappa shape index (κ1) is 31.1. The Morgan fingerprint density at radius 1 is 0.382 bits per heavy atom. The van der Waals surface area contributed by atoms with E-state index in [1.165, 1.54) is 27.1 Å². The lowest BCUT2D eigenvalue weighted by Gasteiger charge is -2.28. The highest BCUT2D eigenvalue weighted by Gasteiger charge is 2.23. The Labute approximate surface area is 317 Å². The second-order valence-corrected chi connectivity index (χ2v) is 13.9. The Balaban J connectivity index is 1.10. The van der Waals surface area contributed by atoms with E-state index in [0.29, 0.717) is 11.5 Å². The first-order valence-corrected chi connectivity index (χ1v) is 18.5. The molecule has 258 valence electrons. The normalized spacial score (nSPS) is 11.6. The molecule has 11 rings (SSSR count). The number of oxazole rings is 1. The number of aromatic nitrogens is 1. The maximum absolute atomic E-state index is 6.83. The number of rotatable bonds is 6. The summed E-state index contributed by atoms with van der Waals surface area (Å²) in [6, 6.07) is 68.2. The number of hydrogen-bond donors (Lipinski definition) is 0. The average Bonchev–Trinajstić information content (AvgIpc) is 3.85. The number of para-hydroxylation sites is 2. The molecule has 0 unspecified atom stereocenters. The van der Waals surface area contributed by atoms with Crippen molar-refractivity contribution in [2.45, 2.75) is 0 Å². The van der Waals surface area contributed by atoms with Crippen LogP contribution < -0.4 is 4.90 Å². The zero-order valence-electron chi connectivity index (χ0n) is 29.7. The summed E-state index contributed by atoms with van der Waals surface area (Å²) in [6.45, 7) is 0. The quantitative estimate of drug-likeness (QED) is 0.162. The molecule has 9 aromatic carbocycles. The van der Waals surface area contributed by atoms with Crippen LogP contribution in [0.1, 0.15) is 0 Å². The molecular formula is C51H32N2O2. The van der Waals surface area contributed by atoms with Gasteiger partial charge in [0.15, 0.2) is 11.2 Å². The van der Waals surface area contributed by atoms with Gasteiger partial charge in [-0.15, -0.1) is 0 Å². The zero-order chi connectivity index (χ0) is 36.3. The number of hydrogen-bond acceptors (Lipinski definition) is 4. The fraction of sp³-hybridized carbons (Fsp3) is 0. The summed E-state index contributed by atoms with van der Waals surface area (Å²) in [5.74, 6) is 0.595. The van der Waals surface area contributed by atoms with Crippen LogP contribution in [0.4, 0.5) is 17.1 Å². The summed E-state index contributed by atoms with van der Waals surface area (Å²) in [4.78, 5) is 7.19. The van der Waals surface area contributed by atoms with Gasteiger partial charge in [-0.05, 0) is 86.8 Å². The molecule has 0 aliphatic carbocycles. The van der Waals surface area contributed by atoms with Gasteiger partial charge < -0.3 is 13.7 Å². The predicted molar refractivity (Wildman–Crippen MR) is 227 cm³/mol. The highest BCUT2D eigenvalue weighted by atomic mass is 16.4. The first-order chi connectivity index (χ1) is 27.3. The Hall–Kier alpha value is -7.43. The number of fused-ring (bicyclic) bond motifs is 7. The van der Waals surface area contributed by atoms with E-state index in [0.717, 1.165) is 66.8 Å². The number of furan rings is 1. The van der Waals surface area contributed by atoms with Crippen molar-refractivity contribution in [2.75, 3.05) is 4.90 Å². The first-order valence-electron chi connectivity index (χ1n) is 18.5. The third-order valence-corrected chi connectivity index (χ3v) is 10.7. The van der Waals surface area contributed by atoms with Crippen LogP contribution in [0.15, 0.2) is 203 Å². The van der Waals surface area contributed by atoms with Gasteiger partial charge in [-0.1, -0.05) is 140 Å². The SMILES string of the molecule is c1ccc(-c2nc3cc4c(cc3o2)oc2c(N(c3ccc(-c5cc6ccccc6c6ccccc56)cc3)c3ccccc3-c3ccccc3)cccc24)cc1. The van der Waals surface area contributed by atoms with E-state index in [9.17, 15) is 0 Å². The fourth-order valence-corrected chi connectivity index (χ4v) is 8.11. The largest absolute Gasteiger partial charge is 0.454 e. The van der Waals surface area contributed by atoms with E-state index in [-0.39, 0.29) is 0 Å². The molecule has 0 fully saturated rings. The van der Waals surface area contributed by atoms with Gasteiger partial charge in [0.05, 0.1) is 11.4 Å². The summed E-state index contributed by atoms with van der Waals surface area (Å²) in [5, 5.41) is 7.00. The third kappa shape index (κ3) is 5.19. The van der Waals surface area contributed by atoms with Gasteiger partial charge in [0.25, 0.3) is 0 Å². The van der Waals surface area contributed by atoms with Gasteiger partial charge in [-0.25, -0.2) is 4.98 Å². The van der Waals surface area contributed by atoms with Crippen molar-refractivity contribution in [1.82, 2.24) is 4.98 Å². The number of nitrogens with zero attached hydrogens (tertiary/aromatic N) is 2. The lowest BCUT2D eigenvalue weighted by atomic mass is 9.93. The summed E-state index contributed by atoms with van der Waals surface area (Å²) in [7, 11) is 0. The number of anilines is 3. The molecule has 0 amide bonds. The van der Waals surface area contributed by atoms with Crippen molar-refractivity contribution in [2.24, 2.45) is 0 Å². The molecule has 4 heteroatoms. The second-order valence-electron chi connectivity index (χ2n) is 13.9. The highest BCUT2D eigenvalue weighted by Crippen LogP contribution is 2.46. The molecular weight excluding hydrogens is 673 g/mol. The summed E-state index contributed by atoms with van der Waals surface area (Å²) in [5.41, 5.74) is 11.6. The molecule has 2 aromatic heterocycles. The van der Waals surface area contributed by atoms with E-state index in [4.69, 9.17) is 13.8 Å². The Morgan fingerprint density at radius 3 is 1.84 bits per heavy atom. The van der Waals surface area contributed by atoms with Gasteiger partial charge in [-0.3, -0.25) is 0 Å². The van der Waals surface area contributed by atoms with Gasteiger partial charge in [0.2, 0.25) is 5.89 Å². The third-order valence-electron chi connectivity index (χ3n) is 10.7. The van der Waals surface area contributed by atoms with Crippen molar-refractivity contribution in [3.05, 3.63) is 194 Å². The molecule has 0 aliphatic heterocycles. The maximum atomic E-state index is 6.83. The predicted octanol–water partition coefficient (Wildman–Crippen LogP) is 14.5. The van der Waals surface area contributed by atoms with E-state index in [1.807, 2.05) is 36.4 Å². The summed E-state index contributed by atoms with van der Waals surface area (Å²) < 4.78 is 13.1. The van der Waals surface area contributed by atoms with Crippen LogP contribution in [0.25, 0.3) is 88.3 Å². The van der Waals surface area contributed by atoms with E-state index >= 15 is 0 Å². The highest BCUT2D eigenvalue weighted by molar-refractivity contribution is 6.15. The lowest BCUT2D eigenvalue weighted by Crippen LogP contribution is -2.11. The molecule has 4 nitrogen and oxygen atoms in total. The van der Waals surface area contributed by atoms with Crippen LogP contribution in [0.5, 0.6) is 0 Å². The average molecular weight is 705 g/mol. The molecule has 2 heterocycles. The summed E-state index contributed by atoms with van der Waals surface area (Å²) in [6.07, 6.45) is 0. The fourth-order valence-electron chi connectivity index (χ4n) is 8.11. The minimum atomic E-state index is 0.595. The second kappa shape index (κ2) is 12.6. The Kier molecular flexibility index (Phi) is 7.14. The van der Waals surface area contributed by atoms with Crippen LogP contribution in [0.3, 0.4) is 0 Å². The van der Waals surface area contributed by atoms with E-state index < -0.39 is 0 Å². The van der Waals surface area contributed by atoms with Crippen LogP contribution in [-0.2, 0) is 0 Å². The van der Waals surface area contributed by atoms with Crippen molar-refractivity contribution >= 4 is 71.6 Å². The summed E-state index contributed by atoms with van der Waals surface area (Å²) >= 11 is 0. The van der Waals surface area contributed by atoms with Gasteiger partial charge in [-0.2, -0.15) is 0 Å². The Bertz CT molecular complexity index is 3200. The molecule has 11 aromatic rings. The van der Waals surface area contributed by atoms with Crippen molar-refractivity contribution < 1.29 is 8.83 Å². The van der Waals surface area contributed by atoms with Crippen LogP contribution in [-0.4, -0.2) is 4.98 Å². The molecule has 0 bridgehead atoms. The molecule has 0 atom stereocenters. The molecule has 0 aliphatic rings. The van der Waals surface area contributed by atoms with Crippen LogP contribution in [0.2, 0.25) is 0 Å². The van der Waals surface area contributed by atoms with Crippen molar-refractivity contribution in [3.63, 3.8) is 0 Å². The minimum Gasteiger partial charge on any atom is -0.454 e. The molecule has 0 spiro atoms. The van der Waals surface area contributed by atoms with Gasteiger partial charge in [0, 0.05) is 33.7 Å². The topological polar surface area (TPSA) is 42.4 Å². The van der Waals surface area contributed by atoms with Gasteiger partial charge in [0.1, 0.15) is 11.1 Å². The van der Waals surface area contributed by atoms with Crippen molar-refractivity contribution in [3.8, 4) is 33.7 Å². The molecule has 0 N–H and O–H groups in total. The van der Waals surface area contributed by atoms with E-state index in [2.05, 4.69) is 163 Å². The molecule has 0 radical (unpaired) electrons. The van der Waals surface area contributed by atoms with Crippen LogP contribution >= 0.6 is 0 Å². The standard InChI is InChI=1S/C51H32N2O2/c1-3-14-33(15-4-1)39-20-11-12-24-46(39)53(37-28-26-34(27-29-37)43-30-36-18-7-8-19-38(36)40-21-9-10-22-41(40)43)47-25-13-23-42-44-31-45-49(32-48(44)54-50(42)47)55-51(52-45)35-16-5-2-6-17-35/h1-32H.